The van der Waals surface area contributed by atoms with E-state index in [2.05, 4.69) is 10.3 Å². The molecule has 1 heterocycles. The highest BCUT2D eigenvalue weighted by molar-refractivity contribution is 6.04. The monoisotopic (exact) mass is 326 g/mol. The standard InChI is InChI=1S/C20H26N2O2/c1-19(2,3)15-10-13(11-16(17(15)23)20(4,5)6)18(24)22-14-8-7-9-21-12-14/h7-12,23H,1-6H3,(H,22,24). The summed E-state index contributed by atoms with van der Waals surface area (Å²) in [5, 5.41) is 13.6. The third kappa shape index (κ3) is 3.94. The molecule has 0 fully saturated rings. The van der Waals surface area contributed by atoms with Gasteiger partial charge in [0.15, 0.2) is 0 Å². The number of nitrogens with one attached hydrogen (secondary N) is 1. The van der Waals surface area contributed by atoms with E-state index in [0.717, 1.165) is 11.1 Å². The van der Waals surface area contributed by atoms with Crippen molar-refractivity contribution in [3.8, 4) is 5.75 Å². The Labute approximate surface area is 143 Å². The van der Waals surface area contributed by atoms with Crippen LogP contribution in [-0.4, -0.2) is 16.0 Å². The van der Waals surface area contributed by atoms with Gasteiger partial charge < -0.3 is 10.4 Å². The average Bonchev–Trinajstić information content (AvgIpc) is 2.46. The number of carbonyl (C=O) groups excluding carboxylic acids is 1. The Hall–Kier alpha value is -2.36. The van der Waals surface area contributed by atoms with Crippen LogP contribution in [0.5, 0.6) is 5.75 Å². The minimum absolute atomic E-state index is 0.209. The highest BCUT2D eigenvalue weighted by atomic mass is 16.3. The van der Waals surface area contributed by atoms with Crippen molar-refractivity contribution in [2.24, 2.45) is 0 Å². The lowest BCUT2D eigenvalue weighted by Crippen LogP contribution is -2.20. The molecule has 4 nitrogen and oxygen atoms in total. The van der Waals surface area contributed by atoms with Gasteiger partial charge in [-0.2, -0.15) is 0 Å². The Morgan fingerprint density at radius 3 is 2.00 bits per heavy atom. The first-order valence-electron chi connectivity index (χ1n) is 8.09. The van der Waals surface area contributed by atoms with Crippen molar-refractivity contribution in [3.05, 3.63) is 53.3 Å². The van der Waals surface area contributed by atoms with E-state index < -0.39 is 0 Å². The maximum Gasteiger partial charge on any atom is 0.255 e. The van der Waals surface area contributed by atoms with Gasteiger partial charge in [-0.25, -0.2) is 0 Å². The fourth-order valence-electron chi connectivity index (χ4n) is 2.55. The summed E-state index contributed by atoms with van der Waals surface area (Å²) in [6, 6.07) is 7.11. The minimum Gasteiger partial charge on any atom is -0.507 e. The van der Waals surface area contributed by atoms with Crippen molar-refractivity contribution in [2.75, 3.05) is 5.32 Å². The van der Waals surface area contributed by atoms with Crippen LogP contribution >= 0.6 is 0 Å². The van der Waals surface area contributed by atoms with Gasteiger partial charge in [-0.05, 0) is 35.1 Å². The fraction of sp³-hybridized carbons (Fsp3) is 0.400. The van der Waals surface area contributed by atoms with E-state index in [1.165, 1.54) is 0 Å². The molecule has 0 aliphatic rings. The summed E-state index contributed by atoms with van der Waals surface area (Å²) < 4.78 is 0. The number of aromatic nitrogens is 1. The van der Waals surface area contributed by atoms with Gasteiger partial charge in [-0.1, -0.05) is 41.5 Å². The van der Waals surface area contributed by atoms with E-state index in [4.69, 9.17) is 0 Å². The smallest absolute Gasteiger partial charge is 0.255 e. The molecular weight excluding hydrogens is 300 g/mol. The molecule has 0 aliphatic heterocycles. The normalized spacial score (nSPS) is 12.1. The number of rotatable bonds is 2. The summed E-state index contributed by atoms with van der Waals surface area (Å²) in [6.45, 7) is 12.2. The Balaban J connectivity index is 2.52. The zero-order chi connectivity index (χ0) is 18.1. The Morgan fingerprint density at radius 2 is 1.58 bits per heavy atom. The number of phenolic OH excluding ortho intramolecular Hbond substituents is 1. The predicted molar refractivity (Wildman–Crippen MR) is 97.7 cm³/mol. The molecule has 0 aliphatic carbocycles. The van der Waals surface area contributed by atoms with Gasteiger partial charge in [0.25, 0.3) is 5.91 Å². The first-order valence-corrected chi connectivity index (χ1v) is 8.09. The molecule has 0 saturated heterocycles. The summed E-state index contributed by atoms with van der Waals surface area (Å²) >= 11 is 0. The third-order valence-electron chi connectivity index (χ3n) is 3.91. The number of nitrogens with zero attached hydrogens (tertiary/aromatic N) is 1. The van der Waals surface area contributed by atoms with E-state index in [0.29, 0.717) is 11.3 Å². The van der Waals surface area contributed by atoms with Gasteiger partial charge in [-0.15, -0.1) is 0 Å². The van der Waals surface area contributed by atoms with Crippen LogP contribution in [0.15, 0.2) is 36.7 Å². The number of hydrogen-bond donors (Lipinski definition) is 2. The lowest BCUT2D eigenvalue weighted by atomic mass is 9.78. The van der Waals surface area contributed by atoms with Gasteiger partial charge in [-0.3, -0.25) is 9.78 Å². The highest BCUT2D eigenvalue weighted by Gasteiger charge is 2.27. The molecule has 2 N–H and O–H groups in total. The molecule has 0 unspecified atom stereocenters. The average molecular weight is 326 g/mol. The molecular formula is C20H26N2O2. The first-order chi connectivity index (χ1) is 11.0. The van der Waals surface area contributed by atoms with Crippen LogP contribution in [0.3, 0.4) is 0 Å². The SMILES string of the molecule is CC(C)(C)c1cc(C(=O)Nc2cccnc2)cc(C(C)(C)C)c1O. The molecule has 0 bridgehead atoms. The topological polar surface area (TPSA) is 62.2 Å². The van der Waals surface area contributed by atoms with Gasteiger partial charge >= 0.3 is 0 Å². The van der Waals surface area contributed by atoms with E-state index in [1.54, 1.807) is 36.7 Å². The number of phenols is 1. The molecule has 0 spiro atoms. The Bertz CT molecular complexity index is 703. The lowest BCUT2D eigenvalue weighted by molar-refractivity contribution is 0.102. The maximum absolute atomic E-state index is 12.7. The number of hydrogen-bond acceptors (Lipinski definition) is 3. The third-order valence-corrected chi connectivity index (χ3v) is 3.91. The maximum atomic E-state index is 12.7. The number of carbonyl (C=O) groups is 1. The molecule has 0 saturated carbocycles. The van der Waals surface area contributed by atoms with Crippen LogP contribution in [0.1, 0.15) is 63.0 Å². The lowest BCUT2D eigenvalue weighted by Gasteiger charge is -2.28. The van der Waals surface area contributed by atoms with E-state index in [9.17, 15) is 9.90 Å². The Morgan fingerprint density at radius 1 is 1.04 bits per heavy atom. The van der Waals surface area contributed by atoms with Gasteiger partial charge in [0.05, 0.1) is 11.9 Å². The molecule has 1 aromatic carbocycles. The second-order valence-electron chi connectivity index (χ2n) is 8.12. The van der Waals surface area contributed by atoms with Gasteiger partial charge in [0.1, 0.15) is 5.75 Å². The van der Waals surface area contributed by atoms with Crippen LogP contribution in [-0.2, 0) is 10.8 Å². The van der Waals surface area contributed by atoms with Gasteiger partial charge in [0.2, 0.25) is 0 Å². The second-order valence-corrected chi connectivity index (χ2v) is 8.12. The fourth-order valence-corrected chi connectivity index (χ4v) is 2.55. The van der Waals surface area contributed by atoms with E-state index in [-0.39, 0.29) is 22.5 Å². The highest BCUT2D eigenvalue weighted by Crippen LogP contribution is 2.39. The van der Waals surface area contributed by atoms with E-state index in [1.807, 2.05) is 41.5 Å². The molecule has 1 amide bonds. The molecule has 128 valence electrons. The van der Waals surface area contributed by atoms with E-state index >= 15 is 0 Å². The Kier molecular flexibility index (Phi) is 4.70. The largest absolute Gasteiger partial charge is 0.507 e. The molecule has 2 aromatic rings. The summed E-state index contributed by atoms with van der Waals surface area (Å²) in [5.74, 6) is 0.0620. The zero-order valence-electron chi connectivity index (χ0n) is 15.3. The van der Waals surface area contributed by atoms with Crippen LogP contribution in [0.4, 0.5) is 5.69 Å². The van der Waals surface area contributed by atoms with Crippen molar-refractivity contribution in [1.82, 2.24) is 4.98 Å². The quantitative estimate of drug-likeness (QED) is 0.845. The number of amides is 1. The van der Waals surface area contributed by atoms with Crippen LogP contribution in [0, 0.1) is 0 Å². The summed E-state index contributed by atoms with van der Waals surface area (Å²) in [7, 11) is 0. The van der Waals surface area contributed by atoms with Crippen LogP contribution < -0.4 is 5.32 Å². The minimum atomic E-state index is -0.269. The summed E-state index contributed by atoms with van der Waals surface area (Å²) in [5.41, 5.74) is 2.18. The molecule has 0 radical (unpaired) electrons. The van der Waals surface area contributed by atoms with Gasteiger partial charge in [0, 0.05) is 22.9 Å². The van der Waals surface area contributed by atoms with Crippen LogP contribution in [0.25, 0.3) is 0 Å². The number of aromatic hydroxyl groups is 1. The number of anilines is 1. The molecule has 0 atom stereocenters. The van der Waals surface area contributed by atoms with Crippen molar-refractivity contribution in [1.29, 1.82) is 0 Å². The van der Waals surface area contributed by atoms with Crippen molar-refractivity contribution in [2.45, 2.75) is 52.4 Å². The molecule has 24 heavy (non-hydrogen) atoms. The summed E-state index contributed by atoms with van der Waals surface area (Å²) in [4.78, 5) is 16.7. The zero-order valence-corrected chi connectivity index (χ0v) is 15.3. The first kappa shape index (κ1) is 18.0. The predicted octanol–water partition coefficient (Wildman–Crippen LogP) is 4.63. The van der Waals surface area contributed by atoms with Crippen molar-refractivity contribution < 1.29 is 9.90 Å². The molecule has 4 heteroatoms. The number of benzene rings is 1. The summed E-state index contributed by atoms with van der Waals surface area (Å²) in [6.07, 6.45) is 3.26. The van der Waals surface area contributed by atoms with Crippen molar-refractivity contribution >= 4 is 11.6 Å². The second kappa shape index (κ2) is 6.27. The van der Waals surface area contributed by atoms with Crippen molar-refractivity contribution in [3.63, 3.8) is 0 Å². The molecule has 2 rings (SSSR count). The molecule has 1 aromatic heterocycles. The number of pyridine rings is 1. The van der Waals surface area contributed by atoms with Crippen LogP contribution in [0.2, 0.25) is 0 Å².